The molecule has 0 unspecified atom stereocenters. The molecule has 0 spiro atoms. The number of anilines is 1. The van der Waals surface area contributed by atoms with Crippen LogP contribution in [-0.4, -0.2) is 35.1 Å². The van der Waals surface area contributed by atoms with Crippen LogP contribution in [-0.2, 0) is 16.1 Å². The van der Waals surface area contributed by atoms with Gasteiger partial charge in [0, 0.05) is 11.6 Å². The fourth-order valence-corrected chi connectivity index (χ4v) is 2.32. The molecule has 8 heteroatoms. The molecule has 24 heavy (non-hydrogen) atoms. The van der Waals surface area contributed by atoms with E-state index >= 15 is 0 Å². The summed E-state index contributed by atoms with van der Waals surface area (Å²) in [7, 11) is 0. The Kier molecular flexibility index (Phi) is 4.37. The lowest BCUT2D eigenvalue weighted by atomic mass is 10.2. The average molecular weight is 331 g/mol. The maximum atomic E-state index is 12.4. The van der Waals surface area contributed by atoms with Crippen molar-refractivity contribution in [1.29, 1.82) is 0 Å². The molecule has 0 saturated heterocycles. The van der Waals surface area contributed by atoms with Gasteiger partial charge in [-0.2, -0.15) is 5.10 Å². The van der Waals surface area contributed by atoms with Crippen molar-refractivity contribution in [2.24, 2.45) is 0 Å². The van der Waals surface area contributed by atoms with Gasteiger partial charge in [0.2, 0.25) is 6.79 Å². The lowest BCUT2D eigenvalue weighted by Gasteiger charge is -2.09. The average Bonchev–Trinajstić information content (AvgIpc) is 3.13. The Balaban J connectivity index is 1.75. The number of hydrogen-bond donors (Lipinski definition) is 1. The van der Waals surface area contributed by atoms with Gasteiger partial charge in [-0.15, -0.1) is 0 Å². The molecule has 0 atom stereocenters. The number of carbonyl (C=O) groups is 2. The van der Waals surface area contributed by atoms with Crippen LogP contribution in [0.1, 0.15) is 23.0 Å². The summed E-state index contributed by atoms with van der Waals surface area (Å²) in [6.07, 6.45) is 0. The van der Waals surface area contributed by atoms with E-state index in [0.717, 1.165) is 0 Å². The molecule has 0 bridgehead atoms. The number of nitrogens with one attached hydrogen (secondary N) is 1. The topological polar surface area (TPSA) is 91.7 Å². The lowest BCUT2D eigenvalue weighted by molar-refractivity contribution is -0.144. The van der Waals surface area contributed by atoms with E-state index < -0.39 is 5.97 Å². The number of aryl methyl sites for hydroxylation is 1. The van der Waals surface area contributed by atoms with Crippen LogP contribution in [0.3, 0.4) is 0 Å². The van der Waals surface area contributed by atoms with Gasteiger partial charge in [0.05, 0.1) is 12.3 Å². The molecule has 2 aromatic rings. The van der Waals surface area contributed by atoms with Crippen LogP contribution < -0.4 is 14.8 Å². The second-order valence-corrected chi connectivity index (χ2v) is 5.16. The van der Waals surface area contributed by atoms with Crippen molar-refractivity contribution in [3.8, 4) is 11.5 Å². The number of benzene rings is 1. The van der Waals surface area contributed by atoms with Crippen molar-refractivity contribution >= 4 is 17.7 Å². The SMILES string of the molecule is CCOC(=O)Cn1nc(C)cc1NC(=O)c1ccc2c(c1)OCO2. The molecule has 1 amide bonds. The number of amides is 1. The number of carbonyl (C=O) groups excluding carboxylic acids is 2. The van der Waals surface area contributed by atoms with Gasteiger partial charge in [-0.25, -0.2) is 4.68 Å². The number of esters is 1. The largest absolute Gasteiger partial charge is 0.465 e. The van der Waals surface area contributed by atoms with E-state index in [9.17, 15) is 9.59 Å². The molecule has 126 valence electrons. The van der Waals surface area contributed by atoms with Gasteiger partial charge >= 0.3 is 5.97 Å². The van der Waals surface area contributed by atoms with Gasteiger partial charge in [-0.3, -0.25) is 9.59 Å². The molecule has 8 nitrogen and oxygen atoms in total. The second kappa shape index (κ2) is 6.61. The molecule has 0 aliphatic carbocycles. The van der Waals surface area contributed by atoms with Crippen LogP contribution in [0.25, 0.3) is 0 Å². The normalized spacial score (nSPS) is 12.1. The maximum Gasteiger partial charge on any atom is 0.327 e. The molecular weight excluding hydrogens is 314 g/mol. The summed E-state index contributed by atoms with van der Waals surface area (Å²) in [5.74, 6) is 0.800. The first kappa shape index (κ1) is 15.9. The Morgan fingerprint density at radius 3 is 2.88 bits per heavy atom. The first-order valence-electron chi connectivity index (χ1n) is 7.48. The number of fused-ring (bicyclic) bond motifs is 1. The molecule has 2 heterocycles. The summed E-state index contributed by atoms with van der Waals surface area (Å²) in [5, 5.41) is 6.94. The van der Waals surface area contributed by atoms with Crippen LogP contribution in [0.2, 0.25) is 0 Å². The zero-order chi connectivity index (χ0) is 17.1. The monoisotopic (exact) mass is 331 g/mol. The zero-order valence-electron chi connectivity index (χ0n) is 13.4. The van der Waals surface area contributed by atoms with E-state index in [0.29, 0.717) is 28.6 Å². The van der Waals surface area contributed by atoms with E-state index in [1.807, 2.05) is 0 Å². The third-order valence-electron chi connectivity index (χ3n) is 3.36. The highest BCUT2D eigenvalue weighted by atomic mass is 16.7. The number of ether oxygens (including phenoxy) is 3. The van der Waals surface area contributed by atoms with Gasteiger partial charge in [0.15, 0.2) is 11.5 Å². The van der Waals surface area contributed by atoms with Crippen molar-refractivity contribution in [2.75, 3.05) is 18.7 Å². The standard InChI is InChI=1S/C16H17N3O5/c1-3-22-15(20)8-19-14(6-10(2)18-19)17-16(21)11-4-5-12-13(7-11)24-9-23-12/h4-7H,3,8-9H2,1-2H3,(H,17,21). The molecule has 1 aromatic carbocycles. The Morgan fingerprint density at radius 1 is 1.29 bits per heavy atom. The summed E-state index contributed by atoms with van der Waals surface area (Å²) in [6.45, 7) is 3.87. The quantitative estimate of drug-likeness (QED) is 0.839. The molecule has 1 N–H and O–H groups in total. The summed E-state index contributed by atoms with van der Waals surface area (Å²) in [6, 6.07) is 6.61. The first-order valence-corrected chi connectivity index (χ1v) is 7.48. The van der Waals surface area contributed by atoms with E-state index in [1.165, 1.54) is 4.68 Å². The highest BCUT2D eigenvalue weighted by Crippen LogP contribution is 2.32. The Labute approximate surface area is 138 Å². The fourth-order valence-electron chi connectivity index (χ4n) is 2.32. The molecule has 1 aromatic heterocycles. The van der Waals surface area contributed by atoms with Crippen LogP contribution >= 0.6 is 0 Å². The van der Waals surface area contributed by atoms with E-state index in [4.69, 9.17) is 14.2 Å². The first-order chi connectivity index (χ1) is 11.6. The third kappa shape index (κ3) is 3.32. The number of hydrogen-bond acceptors (Lipinski definition) is 6. The lowest BCUT2D eigenvalue weighted by Crippen LogP contribution is -2.19. The molecule has 0 fully saturated rings. The predicted molar refractivity (Wildman–Crippen MR) is 84.1 cm³/mol. The van der Waals surface area contributed by atoms with Gasteiger partial charge in [0.1, 0.15) is 12.4 Å². The predicted octanol–water partition coefficient (Wildman–Crippen LogP) is 1.74. The number of aromatic nitrogens is 2. The third-order valence-corrected chi connectivity index (χ3v) is 3.36. The minimum atomic E-state index is -0.417. The van der Waals surface area contributed by atoms with Crippen LogP contribution in [0.15, 0.2) is 24.3 Å². The van der Waals surface area contributed by atoms with E-state index in [-0.39, 0.29) is 25.9 Å². The second-order valence-electron chi connectivity index (χ2n) is 5.16. The van der Waals surface area contributed by atoms with Crippen LogP contribution in [0, 0.1) is 6.92 Å². The van der Waals surface area contributed by atoms with Crippen molar-refractivity contribution in [1.82, 2.24) is 9.78 Å². The minimum Gasteiger partial charge on any atom is -0.465 e. The molecule has 1 aliphatic rings. The van der Waals surface area contributed by atoms with Crippen molar-refractivity contribution in [2.45, 2.75) is 20.4 Å². The van der Waals surface area contributed by atoms with Crippen molar-refractivity contribution < 1.29 is 23.8 Å². The summed E-state index contributed by atoms with van der Waals surface area (Å²) in [4.78, 5) is 24.1. The smallest absolute Gasteiger partial charge is 0.327 e. The Hall–Kier alpha value is -3.03. The number of nitrogens with zero attached hydrogens (tertiary/aromatic N) is 2. The Bertz CT molecular complexity index is 784. The van der Waals surface area contributed by atoms with Crippen LogP contribution in [0.4, 0.5) is 5.82 Å². The maximum absolute atomic E-state index is 12.4. The summed E-state index contributed by atoms with van der Waals surface area (Å²) >= 11 is 0. The highest BCUT2D eigenvalue weighted by Gasteiger charge is 2.18. The van der Waals surface area contributed by atoms with Gasteiger partial charge in [-0.1, -0.05) is 0 Å². The highest BCUT2D eigenvalue weighted by molar-refractivity contribution is 6.04. The summed E-state index contributed by atoms with van der Waals surface area (Å²) < 4.78 is 16.8. The number of rotatable bonds is 5. The summed E-state index contributed by atoms with van der Waals surface area (Å²) in [5.41, 5.74) is 1.10. The van der Waals surface area contributed by atoms with Crippen LogP contribution in [0.5, 0.6) is 11.5 Å². The molecule has 3 rings (SSSR count). The van der Waals surface area contributed by atoms with Gasteiger partial charge < -0.3 is 19.5 Å². The fraction of sp³-hybridized carbons (Fsp3) is 0.312. The molecule has 0 radical (unpaired) electrons. The minimum absolute atomic E-state index is 0.0710. The molecule has 1 aliphatic heterocycles. The Morgan fingerprint density at radius 2 is 2.08 bits per heavy atom. The molecule has 0 saturated carbocycles. The van der Waals surface area contributed by atoms with Gasteiger partial charge in [-0.05, 0) is 32.0 Å². The molecular formula is C16H17N3O5. The van der Waals surface area contributed by atoms with E-state index in [2.05, 4.69) is 10.4 Å². The van der Waals surface area contributed by atoms with E-state index in [1.54, 1.807) is 38.1 Å². The zero-order valence-corrected chi connectivity index (χ0v) is 13.4. The van der Waals surface area contributed by atoms with Crippen molar-refractivity contribution in [3.05, 3.63) is 35.5 Å². The van der Waals surface area contributed by atoms with Gasteiger partial charge in [0.25, 0.3) is 5.91 Å². The van der Waals surface area contributed by atoms with Crippen molar-refractivity contribution in [3.63, 3.8) is 0 Å².